The molecular weight excluding hydrogens is 419 g/mol. The van der Waals surface area contributed by atoms with E-state index in [0.29, 0.717) is 37.9 Å². The van der Waals surface area contributed by atoms with Crippen molar-refractivity contribution in [3.63, 3.8) is 0 Å². The van der Waals surface area contributed by atoms with E-state index in [9.17, 15) is 22.8 Å². The summed E-state index contributed by atoms with van der Waals surface area (Å²) in [6, 6.07) is 8.28. The second-order valence-electron chi connectivity index (χ2n) is 8.44. The highest BCUT2D eigenvalue weighted by molar-refractivity contribution is 5.95. The second-order valence-corrected chi connectivity index (χ2v) is 8.44. The normalized spacial score (nSPS) is 18.5. The number of benzene rings is 2. The van der Waals surface area contributed by atoms with Gasteiger partial charge >= 0.3 is 0 Å². The fourth-order valence-electron chi connectivity index (χ4n) is 4.74. The maximum absolute atomic E-state index is 14.0. The van der Waals surface area contributed by atoms with E-state index in [0.717, 1.165) is 37.8 Å². The van der Waals surface area contributed by atoms with Gasteiger partial charge in [0.2, 0.25) is 5.91 Å². The summed E-state index contributed by atoms with van der Waals surface area (Å²) >= 11 is 0. The molecule has 32 heavy (non-hydrogen) atoms. The van der Waals surface area contributed by atoms with Crippen molar-refractivity contribution in [2.75, 3.05) is 31.5 Å². The molecule has 1 unspecified atom stereocenters. The SMILES string of the molecule is O=C(Nc1ccc(F)cc1)C(C1CCCC1)N1CCN(C(=O)c2ccc(F)cc2F)CC1. The van der Waals surface area contributed by atoms with Crippen LogP contribution in [0.3, 0.4) is 0 Å². The Bertz CT molecular complexity index is 969. The highest BCUT2D eigenvalue weighted by Gasteiger charge is 2.37. The third kappa shape index (κ3) is 4.96. The predicted molar refractivity (Wildman–Crippen MR) is 115 cm³/mol. The number of piperazine rings is 1. The standard InChI is InChI=1S/C24H26F3N3O2/c25-17-5-8-19(9-6-17)28-23(31)22(16-3-1-2-4-16)29-11-13-30(14-12-29)24(32)20-10-7-18(26)15-21(20)27/h5-10,15-16,22H,1-4,11-14H2,(H,28,31). The van der Waals surface area contributed by atoms with Crippen LogP contribution in [0.25, 0.3) is 0 Å². The van der Waals surface area contributed by atoms with Crippen molar-refractivity contribution in [3.05, 3.63) is 65.5 Å². The molecule has 1 N–H and O–H groups in total. The topological polar surface area (TPSA) is 52.7 Å². The van der Waals surface area contributed by atoms with Crippen LogP contribution >= 0.6 is 0 Å². The number of carbonyl (C=O) groups is 2. The summed E-state index contributed by atoms with van der Waals surface area (Å²) in [6.45, 7) is 1.66. The van der Waals surface area contributed by atoms with Gasteiger partial charge in [0.1, 0.15) is 17.5 Å². The summed E-state index contributed by atoms with van der Waals surface area (Å²) in [7, 11) is 0. The molecule has 170 valence electrons. The summed E-state index contributed by atoms with van der Waals surface area (Å²) in [6.07, 6.45) is 4.07. The van der Waals surface area contributed by atoms with Crippen LogP contribution in [0.5, 0.6) is 0 Å². The number of amides is 2. The maximum atomic E-state index is 14.0. The molecule has 0 spiro atoms. The molecule has 1 aliphatic heterocycles. The van der Waals surface area contributed by atoms with E-state index in [1.165, 1.54) is 29.2 Å². The zero-order chi connectivity index (χ0) is 22.7. The number of halogens is 3. The summed E-state index contributed by atoms with van der Waals surface area (Å²) in [4.78, 5) is 29.5. The molecule has 2 amide bonds. The molecule has 0 bridgehead atoms. The van der Waals surface area contributed by atoms with Crippen molar-refractivity contribution < 1.29 is 22.8 Å². The molecule has 1 aliphatic carbocycles. The summed E-state index contributed by atoms with van der Waals surface area (Å²) < 4.78 is 40.4. The van der Waals surface area contributed by atoms with Gasteiger partial charge in [0.25, 0.3) is 5.91 Å². The van der Waals surface area contributed by atoms with E-state index in [2.05, 4.69) is 10.2 Å². The van der Waals surface area contributed by atoms with Gasteiger partial charge in [0.05, 0.1) is 11.6 Å². The summed E-state index contributed by atoms with van der Waals surface area (Å²) in [5.41, 5.74) is 0.390. The van der Waals surface area contributed by atoms with Crippen molar-refractivity contribution in [1.29, 1.82) is 0 Å². The van der Waals surface area contributed by atoms with Crippen molar-refractivity contribution >= 4 is 17.5 Å². The highest BCUT2D eigenvalue weighted by atomic mass is 19.1. The van der Waals surface area contributed by atoms with Gasteiger partial charge in [-0.3, -0.25) is 14.5 Å². The minimum absolute atomic E-state index is 0.132. The van der Waals surface area contributed by atoms with Gasteiger partial charge in [-0.15, -0.1) is 0 Å². The molecule has 2 aromatic carbocycles. The number of anilines is 1. The first-order valence-corrected chi connectivity index (χ1v) is 11.0. The highest BCUT2D eigenvalue weighted by Crippen LogP contribution is 2.32. The van der Waals surface area contributed by atoms with Crippen molar-refractivity contribution in [2.45, 2.75) is 31.7 Å². The number of carbonyl (C=O) groups excluding carboxylic acids is 2. The van der Waals surface area contributed by atoms with Gasteiger partial charge in [0.15, 0.2) is 0 Å². The van der Waals surface area contributed by atoms with E-state index < -0.39 is 17.5 Å². The van der Waals surface area contributed by atoms with E-state index in [1.54, 1.807) is 0 Å². The number of rotatable bonds is 5. The third-order valence-corrected chi connectivity index (χ3v) is 6.38. The van der Waals surface area contributed by atoms with Crippen LogP contribution in [0.4, 0.5) is 18.9 Å². The van der Waals surface area contributed by atoms with E-state index >= 15 is 0 Å². The molecule has 1 atom stereocenters. The zero-order valence-electron chi connectivity index (χ0n) is 17.7. The largest absolute Gasteiger partial charge is 0.336 e. The first-order valence-electron chi connectivity index (χ1n) is 11.0. The van der Waals surface area contributed by atoms with Crippen LogP contribution in [0.15, 0.2) is 42.5 Å². The van der Waals surface area contributed by atoms with Crippen molar-refractivity contribution in [2.24, 2.45) is 5.92 Å². The molecule has 0 aromatic heterocycles. The van der Waals surface area contributed by atoms with Crippen LogP contribution in [0.2, 0.25) is 0 Å². The fourth-order valence-corrected chi connectivity index (χ4v) is 4.74. The predicted octanol–water partition coefficient (Wildman–Crippen LogP) is 4.06. The molecule has 1 saturated heterocycles. The molecule has 4 rings (SSSR count). The monoisotopic (exact) mass is 445 g/mol. The Morgan fingerprint density at radius 1 is 0.875 bits per heavy atom. The number of hydrogen-bond acceptors (Lipinski definition) is 3. The second kappa shape index (κ2) is 9.73. The number of hydrogen-bond donors (Lipinski definition) is 1. The van der Waals surface area contributed by atoms with E-state index in [-0.39, 0.29) is 29.2 Å². The first kappa shape index (κ1) is 22.3. The molecule has 5 nitrogen and oxygen atoms in total. The first-order chi connectivity index (χ1) is 15.4. The van der Waals surface area contributed by atoms with Crippen LogP contribution < -0.4 is 5.32 Å². The zero-order valence-corrected chi connectivity index (χ0v) is 17.7. The fraction of sp³-hybridized carbons (Fsp3) is 0.417. The van der Waals surface area contributed by atoms with Gasteiger partial charge in [-0.05, 0) is 55.2 Å². The van der Waals surface area contributed by atoms with E-state index in [1.807, 2.05) is 0 Å². The van der Waals surface area contributed by atoms with Gasteiger partial charge in [-0.25, -0.2) is 13.2 Å². The Morgan fingerprint density at radius 3 is 2.12 bits per heavy atom. The molecule has 2 fully saturated rings. The third-order valence-electron chi connectivity index (χ3n) is 6.38. The van der Waals surface area contributed by atoms with Crippen LogP contribution in [0.1, 0.15) is 36.0 Å². The van der Waals surface area contributed by atoms with Gasteiger partial charge in [-0.1, -0.05) is 12.8 Å². The average Bonchev–Trinajstić information content (AvgIpc) is 3.30. The smallest absolute Gasteiger partial charge is 0.256 e. The lowest BCUT2D eigenvalue weighted by molar-refractivity contribution is -0.123. The number of nitrogens with zero attached hydrogens (tertiary/aromatic N) is 2. The van der Waals surface area contributed by atoms with Gasteiger partial charge in [-0.2, -0.15) is 0 Å². The molecule has 0 radical (unpaired) electrons. The lowest BCUT2D eigenvalue weighted by Gasteiger charge is -2.40. The van der Waals surface area contributed by atoms with Crippen LogP contribution in [0, 0.1) is 23.4 Å². The molecular formula is C24H26F3N3O2. The van der Waals surface area contributed by atoms with E-state index in [4.69, 9.17) is 0 Å². The minimum Gasteiger partial charge on any atom is -0.336 e. The van der Waals surface area contributed by atoms with Crippen molar-refractivity contribution in [1.82, 2.24) is 9.80 Å². The van der Waals surface area contributed by atoms with Crippen LogP contribution in [-0.2, 0) is 4.79 Å². The Morgan fingerprint density at radius 2 is 1.50 bits per heavy atom. The Balaban J connectivity index is 1.43. The Hall–Kier alpha value is -2.87. The van der Waals surface area contributed by atoms with Crippen molar-refractivity contribution in [3.8, 4) is 0 Å². The molecule has 2 aromatic rings. The van der Waals surface area contributed by atoms with Gasteiger partial charge in [0, 0.05) is 37.9 Å². The van der Waals surface area contributed by atoms with Crippen LogP contribution in [-0.4, -0.2) is 53.8 Å². The minimum atomic E-state index is -0.875. The summed E-state index contributed by atoms with van der Waals surface area (Å²) in [5, 5.41) is 2.90. The lowest BCUT2D eigenvalue weighted by Crippen LogP contribution is -2.57. The molecule has 1 saturated carbocycles. The quantitative estimate of drug-likeness (QED) is 0.755. The Labute approximate surface area is 185 Å². The summed E-state index contributed by atoms with van der Waals surface area (Å²) in [5.74, 6) is -2.36. The number of nitrogens with one attached hydrogen (secondary N) is 1. The Kier molecular flexibility index (Phi) is 6.79. The molecule has 2 aliphatic rings. The molecule has 8 heteroatoms. The van der Waals surface area contributed by atoms with Gasteiger partial charge < -0.3 is 10.2 Å². The molecule has 1 heterocycles. The lowest BCUT2D eigenvalue weighted by atomic mass is 9.94. The maximum Gasteiger partial charge on any atom is 0.256 e. The average molecular weight is 445 g/mol.